The van der Waals surface area contributed by atoms with E-state index in [-0.39, 0.29) is 18.4 Å². The number of benzene rings is 1. The normalized spacial score (nSPS) is 14.7. The van der Waals surface area contributed by atoms with Gasteiger partial charge in [0.15, 0.2) is 0 Å². The maximum atomic E-state index is 13.0. The number of nitrogens with zero attached hydrogens (tertiary/aromatic N) is 3. The Morgan fingerprint density at radius 1 is 1.09 bits per heavy atom. The van der Waals surface area contributed by atoms with Gasteiger partial charge in [0.25, 0.3) is 11.8 Å². The van der Waals surface area contributed by atoms with E-state index in [0.717, 1.165) is 32.2 Å². The molecule has 4 amide bonds. The van der Waals surface area contributed by atoms with E-state index in [1.807, 2.05) is 24.4 Å². The summed E-state index contributed by atoms with van der Waals surface area (Å²) in [6, 6.07) is 10.5. The number of fused-ring (bicyclic) bond motifs is 2. The van der Waals surface area contributed by atoms with Crippen molar-refractivity contribution < 1.29 is 19.2 Å². The van der Waals surface area contributed by atoms with Gasteiger partial charge in [0.2, 0.25) is 11.8 Å². The third kappa shape index (κ3) is 4.46. The van der Waals surface area contributed by atoms with Crippen molar-refractivity contribution in [2.45, 2.75) is 32.9 Å². The number of nitrogens with one attached hydrogen (secondary N) is 1. The molecule has 9 heteroatoms. The van der Waals surface area contributed by atoms with E-state index in [2.05, 4.69) is 10.3 Å². The summed E-state index contributed by atoms with van der Waals surface area (Å²) in [5.41, 5.74) is 4.51. The van der Waals surface area contributed by atoms with Crippen LogP contribution in [0.2, 0.25) is 0 Å². The molecule has 0 spiro atoms. The first-order valence-electron chi connectivity index (χ1n) is 11.4. The topological polar surface area (TPSA) is 99.7 Å². The largest absolute Gasteiger partial charge is 0.352 e. The Labute approximate surface area is 206 Å². The van der Waals surface area contributed by atoms with Crippen molar-refractivity contribution in [2.75, 3.05) is 13.1 Å². The highest BCUT2D eigenvalue weighted by molar-refractivity contribution is 7.10. The average molecular weight is 489 g/mol. The first-order chi connectivity index (χ1) is 16.9. The fourth-order valence-corrected chi connectivity index (χ4v) is 5.31. The number of amides is 4. The summed E-state index contributed by atoms with van der Waals surface area (Å²) in [6.07, 6.45) is 2.73. The minimum absolute atomic E-state index is 0.0435. The molecule has 0 saturated carbocycles. The van der Waals surface area contributed by atoms with Gasteiger partial charge in [-0.25, -0.2) is 0 Å². The molecule has 0 atom stereocenters. The van der Waals surface area contributed by atoms with E-state index in [9.17, 15) is 19.2 Å². The van der Waals surface area contributed by atoms with Crippen molar-refractivity contribution in [3.05, 3.63) is 86.4 Å². The van der Waals surface area contributed by atoms with Crippen LogP contribution in [0, 0.1) is 6.92 Å². The molecule has 2 aromatic heterocycles. The van der Waals surface area contributed by atoms with Gasteiger partial charge >= 0.3 is 0 Å². The quantitative estimate of drug-likeness (QED) is 0.538. The molecule has 0 aliphatic carbocycles. The predicted molar refractivity (Wildman–Crippen MR) is 130 cm³/mol. The van der Waals surface area contributed by atoms with Crippen LogP contribution >= 0.6 is 11.3 Å². The Balaban J connectivity index is 1.25. The number of carbonyl (C=O) groups is 4. The molecule has 1 aromatic carbocycles. The third-order valence-corrected chi connectivity index (χ3v) is 7.37. The molecule has 2 aliphatic heterocycles. The number of imide groups is 1. The molecule has 35 heavy (non-hydrogen) atoms. The number of aromatic nitrogens is 1. The highest BCUT2D eigenvalue weighted by atomic mass is 32.1. The lowest BCUT2D eigenvalue weighted by atomic mass is 9.94. The molecular weight excluding hydrogens is 464 g/mol. The number of aryl methyl sites for hydroxylation is 1. The molecule has 2 aliphatic rings. The van der Waals surface area contributed by atoms with Crippen molar-refractivity contribution in [1.29, 1.82) is 0 Å². The van der Waals surface area contributed by atoms with Crippen LogP contribution < -0.4 is 5.32 Å². The molecule has 178 valence electrons. The average Bonchev–Trinajstić information content (AvgIpc) is 3.45. The second kappa shape index (κ2) is 9.42. The maximum absolute atomic E-state index is 13.0. The van der Waals surface area contributed by atoms with E-state index in [1.165, 1.54) is 0 Å². The van der Waals surface area contributed by atoms with Crippen LogP contribution in [0.1, 0.15) is 48.0 Å². The highest BCUT2D eigenvalue weighted by Crippen LogP contribution is 2.26. The lowest BCUT2D eigenvalue weighted by Crippen LogP contribution is -2.44. The zero-order chi connectivity index (χ0) is 24.5. The molecule has 0 bridgehead atoms. The van der Waals surface area contributed by atoms with Crippen LogP contribution in [0.5, 0.6) is 0 Å². The molecule has 5 rings (SSSR count). The summed E-state index contributed by atoms with van der Waals surface area (Å²) >= 11 is 1.55. The summed E-state index contributed by atoms with van der Waals surface area (Å²) in [5.74, 6) is -1.20. The van der Waals surface area contributed by atoms with Crippen LogP contribution in [0.3, 0.4) is 0 Å². The first kappa shape index (κ1) is 22.9. The number of hydrogen-bond acceptors (Lipinski definition) is 6. The molecular formula is C26H24N4O4S. The molecule has 0 unspecified atom stereocenters. The lowest BCUT2D eigenvalue weighted by Gasteiger charge is -2.31. The van der Waals surface area contributed by atoms with Crippen LogP contribution in [-0.4, -0.2) is 51.5 Å². The van der Waals surface area contributed by atoms with E-state index in [0.29, 0.717) is 43.6 Å². The molecule has 4 heterocycles. The smallest absolute Gasteiger partial charge is 0.262 e. The molecule has 0 saturated heterocycles. The minimum atomic E-state index is -0.436. The first-order valence-corrected chi connectivity index (χ1v) is 12.3. The maximum Gasteiger partial charge on any atom is 0.262 e. The molecule has 0 fully saturated rings. The Hall–Kier alpha value is -3.85. The summed E-state index contributed by atoms with van der Waals surface area (Å²) in [4.78, 5) is 58.8. The highest BCUT2D eigenvalue weighted by Gasteiger charge is 2.37. The van der Waals surface area contributed by atoms with Gasteiger partial charge < -0.3 is 10.2 Å². The van der Waals surface area contributed by atoms with Gasteiger partial charge in [-0.05, 0) is 53.6 Å². The van der Waals surface area contributed by atoms with E-state index in [1.54, 1.807) is 46.7 Å². The van der Waals surface area contributed by atoms with E-state index < -0.39 is 11.8 Å². The van der Waals surface area contributed by atoms with Gasteiger partial charge in [-0.15, -0.1) is 11.3 Å². The summed E-state index contributed by atoms with van der Waals surface area (Å²) in [6.45, 7) is 2.83. The fourth-order valence-electron chi connectivity index (χ4n) is 4.61. The second-order valence-corrected chi connectivity index (χ2v) is 9.70. The second-order valence-electron chi connectivity index (χ2n) is 8.67. The molecule has 0 radical (unpaired) electrons. The number of hydrogen-bond donors (Lipinski definition) is 1. The van der Waals surface area contributed by atoms with Crippen molar-refractivity contribution >= 4 is 35.0 Å². The lowest BCUT2D eigenvalue weighted by molar-refractivity contribution is -0.132. The number of thiophene rings is 1. The molecule has 1 N–H and O–H groups in total. The number of carbonyl (C=O) groups excluding carboxylic acids is 4. The Bertz CT molecular complexity index is 1300. The van der Waals surface area contributed by atoms with Crippen LogP contribution in [-0.2, 0) is 35.5 Å². The fraction of sp³-hybridized carbons (Fsp3) is 0.269. The van der Waals surface area contributed by atoms with Gasteiger partial charge in [0.05, 0.1) is 17.5 Å². The summed E-state index contributed by atoms with van der Waals surface area (Å²) in [7, 11) is 0. The van der Waals surface area contributed by atoms with Gasteiger partial charge in [0.1, 0.15) is 6.54 Å². The molecule has 3 aromatic rings. The predicted octanol–water partition coefficient (Wildman–Crippen LogP) is 2.49. The minimum Gasteiger partial charge on any atom is -0.352 e. The Morgan fingerprint density at radius 3 is 2.51 bits per heavy atom. The van der Waals surface area contributed by atoms with E-state index in [4.69, 9.17) is 0 Å². The zero-order valence-electron chi connectivity index (χ0n) is 19.2. The van der Waals surface area contributed by atoms with Crippen molar-refractivity contribution in [1.82, 2.24) is 20.1 Å². The van der Waals surface area contributed by atoms with Gasteiger partial charge in [-0.2, -0.15) is 0 Å². The summed E-state index contributed by atoms with van der Waals surface area (Å²) in [5, 5.41) is 4.94. The molecule has 8 nitrogen and oxygen atoms in total. The van der Waals surface area contributed by atoms with E-state index >= 15 is 0 Å². The standard InChI is InChI=1S/C26H24N4O4S/c1-16-22(13-28-23(31)11-18-5-4-10-35-18)19-8-9-29(14-17(19)12-27-16)24(32)15-30-25(33)20-6-2-3-7-21(20)26(30)34/h2-7,10,12H,8-9,11,13-15H2,1H3,(H,28,31). The number of rotatable bonds is 6. The SMILES string of the molecule is Cc1ncc2c(c1CNC(=O)Cc1cccs1)CCN(C(=O)CN1C(=O)c3ccccc3C1=O)C2. The van der Waals surface area contributed by atoms with Crippen LogP contribution in [0.15, 0.2) is 48.0 Å². The number of pyridine rings is 1. The Morgan fingerprint density at radius 2 is 1.83 bits per heavy atom. The van der Waals surface area contributed by atoms with Crippen molar-refractivity contribution in [3.8, 4) is 0 Å². The van der Waals surface area contributed by atoms with Gasteiger partial charge in [-0.1, -0.05) is 18.2 Å². The van der Waals surface area contributed by atoms with Gasteiger partial charge in [-0.3, -0.25) is 29.1 Å². The van der Waals surface area contributed by atoms with Crippen LogP contribution in [0.25, 0.3) is 0 Å². The summed E-state index contributed by atoms with van der Waals surface area (Å²) < 4.78 is 0. The third-order valence-electron chi connectivity index (χ3n) is 6.50. The Kier molecular flexibility index (Phi) is 6.17. The van der Waals surface area contributed by atoms with Crippen molar-refractivity contribution in [3.63, 3.8) is 0 Å². The van der Waals surface area contributed by atoms with Crippen molar-refractivity contribution in [2.24, 2.45) is 0 Å². The zero-order valence-corrected chi connectivity index (χ0v) is 20.1. The van der Waals surface area contributed by atoms with Gasteiger partial charge in [0, 0.05) is 36.4 Å². The van der Waals surface area contributed by atoms with Crippen LogP contribution in [0.4, 0.5) is 0 Å². The monoisotopic (exact) mass is 488 g/mol.